The maximum absolute atomic E-state index is 5.90. The van der Waals surface area contributed by atoms with Crippen LogP contribution in [-0.2, 0) is 11.3 Å². The van der Waals surface area contributed by atoms with E-state index < -0.39 is 0 Å². The summed E-state index contributed by atoms with van der Waals surface area (Å²) >= 11 is 0. The van der Waals surface area contributed by atoms with Crippen LogP contribution in [0.25, 0.3) is 0 Å². The summed E-state index contributed by atoms with van der Waals surface area (Å²) in [5, 5.41) is 3.44. The summed E-state index contributed by atoms with van der Waals surface area (Å²) in [5.41, 5.74) is 1.18. The predicted octanol–water partition coefficient (Wildman–Crippen LogP) is 2.24. The first-order chi connectivity index (χ1) is 9.25. The first-order valence-corrected chi connectivity index (χ1v) is 7.10. The van der Waals surface area contributed by atoms with Gasteiger partial charge in [0.15, 0.2) is 0 Å². The van der Waals surface area contributed by atoms with Gasteiger partial charge < -0.3 is 14.8 Å². The van der Waals surface area contributed by atoms with Gasteiger partial charge in [0.25, 0.3) is 0 Å². The Morgan fingerprint density at radius 3 is 3.16 bits per heavy atom. The van der Waals surface area contributed by atoms with E-state index in [4.69, 9.17) is 9.47 Å². The van der Waals surface area contributed by atoms with Crippen LogP contribution in [0.5, 0.6) is 5.75 Å². The molecule has 0 aliphatic carbocycles. The van der Waals surface area contributed by atoms with Gasteiger partial charge in [-0.2, -0.15) is 0 Å². The lowest BCUT2D eigenvalue weighted by Crippen LogP contribution is -2.20. The second-order valence-corrected chi connectivity index (χ2v) is 5.55. The number of nitrogens with one attached hydrogen (secondary N) is 1. The van der Waals surface area contributed by atoms with Gasteiger partial charge in [-0.25, -0.2) is 0 Å². The lowest BCUT2D eigenvalue weighted by Gasteiger charge is -2.14. The predicted molar refractivity (Wildman–Crippen MR) is 75.2 cm³/mol. The Hall–Kier alpha value is -1.13. The van der Waals surface area contributed by atoms with Crippen LogP contribution in [0, 0.1) is 11.8 Å². The fraction of sp³-hybridized carbons (Fsp3) is 0.667. The number of aromatic nitrogens is 1. The summed E-state index contributed by atoms with van der Waals surface area (Å²) in [4.78, 5) is 4.15. The van der Waals surface area contributed by atoms with Gasteiger partial charge in [0, 0.05) is 30.8 Å². The minimum Gasteiger partial charge on any atom is -0.491 e. The van der Waals surface area contributed by atoms with E-state index in [1.165, 1.54) is 5.56 Å². The zero-order valence-electron chi connectivity index (χ0n) is 11.9. The second kappa shape index (κ2) is 7.46. The van der Waals surface area contributed by atoms with Gasteiger partial charge in [0.05, 0.1) is 19.4 Å². The molecule has 1 aromatic heterocycles. The number of rotatable bonds is 7. The first-order valence-electron chi connectivity index (χ1n) is 7.10. The van der Waals surface area contributed by atoms with Crippen molar-refractivity contribution < 1.29 is 9.47 Å². The zero-order chi connectivity index (χ0) is 13.5. The summed E-state index contributed by atoms with van der Waals surface area (Å²) in [7, 11) is 0. The van der Waals surface area contributed by atoms with Crippen molar-refractivity contribution in [2.24, 2.45) is 11.8 Å². The van der Waals surface area contributed by atoms with Gasteiger partial charge in [-0.1, -0.05) is 13.8 Å². The van der Waals surface area contributed by atoms with E-state index in [9.17, 15) is 0 Å². The fourth-order valence-corrected chi connectivity index (χ4v) is 2.10. The van der Waals surface area contributed by atoms with Gasteiger partial charge >= 0.3 is 0 Å². The topological polar surface area (TPSA) is 43.4 Å². The molecule has 1 aliphatic heterocycles. The fourth-order valence-electron chi connectivity index (χ4n) is 2.10. The molecule has 1 unspecified atom stereocenters. The summed E-state index contributed by atoms with van der Waals surface area (Å²) in [5.74, 6) is 2.07. The maximum Gasteiger partial charge on any atom is 0.142 e. The number of pyridine rings is 1. The maximum atomic E-state index is 5.90. The summed E-state index contributed by atoms with van der Waals surface area (Å²) < 4.78 is 11.3. The van der Waals surface area contributed by atoms with E-state index in [0.29, 0.717) is 11.8 Å². The molecule has 2 heterocycles. The molecule has 0 aromatic carbocycles. The van der Waals surface area contributed by atoms with E-state index in [1.54, 1.807) is 0 Å². The van der Waals surface area contributed by atoms with Gasteiger partial charge in [-0.05, 0) is 24.9 Å². The number of ether oxygens (including phenoxy) is 2. The van der Waals surface area contributed by atoms with E-state index >= 15 is 0 Å². The molecule has 0 saturated carbocycles. The minimum atomic E-state index is 0.525. The summed E-state index contributed by atoms with van der Waals surface area (Å²) in [6.07, 6.45) is 4.72. The third-order valence-electron chi connectivity index (χ3n) is 3.24. The van der Waals surface area contributed by atoms with Crippen molar-refractivity contribution >= 4 is 0 Å². The largest absolute Gasteiger partial charge is 0.491 e. The van der Waals surface area contributed by atoms with Crippen molar-refractivity contribution in [3.63, 3.8) is 0 Å². The van der Waals surface area contributed by atoms with Crippen LogP contribution in [0.15, 0.2) is 18.5 Å². The van der Waals surface area contributed by atoms with Gasteiger partial charge in [0.2, 0.25) is 0 Å². The molecule has 0 radical (unpaired) electrons. The van der Waals surface area contributed by atoms with Crippen molar-refractivity contribution in [1.29, 1.82) is 0 Å². The molecule has 1 aliphatic rings. The number of hydrogen-bond donors (Lipinski definition) is 1. The molecule has 4 heteroatoms. The highest BCUT2D eigenvalue weighted by Crippen LogP contribution is 2.19. The molecule has 2 rings (SSSR count). The highest BCUT2D eigenvalue weighted by molar-refractivity contribution is 5.29. The number of nitrogens with zero attached hydrogens (tertiary/aromatic N) is 1. The lowest BCUT2D eigenvalue weighted by molar-refractivity contribution is 0.166. The molecule has 0 amide bonds. The van der Waals surface area contributed by atoms with Crippen molar-refractivity contribution in [2.45, 2.75) is 26.8 Å². The Labute approximate surface area is 115 Å². The lowest BCUT2D eigenvalue weighted by atomic mass is 10.1. The van der Waals surface area contributed by atoms with E-state index in [2.05, 4.69) is 24.1 Å². The second-order valence-electron chi connectivity index (χ2n) is 5.55. The van der Waals surface area contributed by atoms with Crippen LogP contribution < -0.4 is 10.1 Å². The Balaban J connectivity index is 1.84. The summed E-state index contributed by atoms with van der Waals surface area (Å²) in [6, 6.07) is 2.02. The van der Waals surface area contributed by atoms with Gasteiger partial charge in [-0.3, -0.25) is 4.98 Å². The minimum absolute atomic E-state index is 0.525. The molecule has 4 nitrogen and oxygen atoms in total. The summed E-state index contributed by atoms with van der Waals surface area (Å²) in [6.45, 7) is 8.66. The van der Waals surface area contributed by atoms with Crippen molar-refractivity contribution in [2.75, 3.05) is 26.4 Å². The monoisotopic (exact) mass is 264 g/mol. The van der Waals surface area contributed by atoms with Crippen molar-refractivity contribution in [1.82, 2.24) is 10.3 Å². The quantitative estimate of drug-likeness (QED) is 0.820. The molecule has 0 bridgehead atoms. The zero-order valence-corrected chi connectivity index (χ0v) is 11.9. The van der Waals surface area contributed by atoms with Crippen LogP contribution in [0.4, 0.5) is 0 Å². The SMILES string of the molecule is CC(C)CNCc1ccncc1OCC1CCOC1. The molecule has 1 aromatic rings. The standard InChI is InChI=1S/C15H24N2O2/c1-12(2)7-17-8-14-3-5-16-9-15(14)19-11-13-4-6-18-10-13/h3,5,9,12-13,17H,4,6-8,10-11H2,1-2H3. The number of hydrogen-bond acceptors (Lipinski definition) is 4. The molecular formula is C15H24N2O2. The average Bonchev–Trinajstić information content (AvgIpc) is 2.90. The molecule has 1 fully saturated rings. The Morgan fingerprint density at radius 2 is 2.42 bits per heavy atom. The third kappa shape index (κ3) is 4.80. The smallest absolute Gasteiger partial charge is 0.142 e. The molecule has 19 heavy (non-hydrogen) atoms. The van der Waals surface area contributed by atoms with Crippen molar-refractivity contribution in [3.05, 3.63) is 24.0 Å². The first kappa shape index (κ1) is 14.3. The molecule has 0 spiro atoms. The highest BCUT2D eigenvalue weighted by atomic mass is 16.5. The van der Waals surface area contributed by atoms with Crippen molar-refractivity contribution in [3.8, 4) is 5.75 Å². The van der Waals surface area contributed by atoms with E-state index in [-0.39, 0.29) is 0 Å². The Bertz CT molecular complexity index is 376. The van der Waals surface area contributed by atoms with Gasteiger partial charge in [0.1, 0.15) is 5.75 Å². The van der Waals surface area contributed by atoms with Crippen LogP contribution >= 0.6 is 0 Å². The van der Waals surface area contributed by atoms with E-state index in [1.807, 2.05) is 18.5 Å². The van der Waals surface area contributed by atoms with Crippen LogP contribution in [-0.4, -0.2) is 31.3 Å². The molecular weight excluding hydrogens is 240 g/mol. The molecule has 106 valence electrons. The van der Waals surface area contributed by atoms with Crippen LogP contribution in [0.1, 0.15) is 25.8 Å². The van der Waals surface area contributed by atoms with Gasteiger partial charge in [-0.15, -0.1) is 0 Å². The van der Waals surface area contributed by atoms with Crippen LogP contribution in [0.2, 0.25) is 0 Å². The molecule has 1 N–H and O–H groups in total. The molecule has 1 atom stereocenters. The van der Waals surface area contributed by atoms with E-state index in [0.717, 1.165) is 45.1 Å². The Kier molecular flexibility index (Phi) is 5.61. The third-order valence-corrected chi connectivity index (χ3v) is 3.24. The molecule has 1 saturated heterocycles. The highest BCUT2D eigenvalue weighted by Gasteiger charge is 2.16. The van der Waals surface area contributed by atoms with Crippen LogP contribution in [0.3, 0.4) is 0 Å². The Morgan fingerprint density at radius 1 is 1.53 bits per heavy atom. The normalized spacial score (nSPS) is 19.0. The average molecular weight is 264 g/mol.